The van der Waals surface area contributed by atoms with Crippen LogP contribution in [0.15, 0.2) is 70.3 Å². The van der Waals surface area contributed by atoms with Gasteiger partial charge in [0.2, 0.25) is 5.17 Å². The number of carbonyl (C=O) groups excluding carboxylic acids is 1. The molecule has 0 saturated heterocycles. The number of nitrogens with zero attached hydrogens (tertiary/aromatic N) is 4. The molecule has 1 N–H and O–H groups in total. The average Bonchev–Trinajstić information content (AvgIpc) is 3.30. The molecule has 0 bridgehead atoms. The molecule has 6 nitrogen and oxygen atoms in total. The van der Waals surface area contributed by atoms with Crippen molar-refractivity contribution in [2.75, 3.05) is 0 Å². The van der Waals surface area contributed by atoms with E-state index in [1.807, 2.05) is 50.2 Å². The van der Waals surface area contributed by atoms with Crippen LogP contribution >= 0.6 is 11.8 Å². The summed E-state index contributed by atoms with van der Waals surface area (Å²) in [7, 11) is 0. The zero-order valence-electron chi connectivity index (χ0n) is 19.6. The van der Waals surface area contributed by atoms with Crippen LogP contribution in [0.5, 0.6) is 0 Å². The third-order valence-corrected chi connectivity index (χ3v) is 6.84. The van der Waals surface area contributed by atoms with Gasteiger partial charge in [0.15, 0.2) is 5.84 Å². The first-order valence-corrected chi connectivity index (χ1v) is 11.9. The Morgan fingerprint density at radius 2 is 1.71 bits per heavy atom. The van der Waals surface area contributed by atoms with Gasteiger partial charge in [0.05, 0.1) is 5.57 Å². The summed E-state index contributed by atoms with van der Waals surface area (Å²) in [4.78, 5) is 17.1. The van der Waals surface area contributed by atoms with Crippen LogP contribution in [0, 0.1) is 33.1 Å². The number of aryl methyl sites for hydroxylation is 3. The number of benzene rings is 2. The zero-order chi connectivity index (χ0) is 24.0. The highest BCUT2D eigenvalue weighted by Gasteiger charge is 2.35. The summed E-state index contributed by atoms with van der Waals surface area (Å²) in [5, 5.41) is 16.0. The number of amides is 1. The van der Waals surface area contributed by atoms with Crippen molar-refractivity contribution in [1.82, 2.24) is 9.58 Å². The predicted octanol–water partition coefficient (Wildman–Crippen LogP) is 5.57. The van der Waals surface area contributed by atoms with Gasteiger partial charge in [-0.1, -0.05) is 36.4 Å². The van der Waals surface area contributed by atoms with Crippen molar-refractivity contribution in [3.05, 3.63) is 93.8 Å². The topological polar surface area (TPSA) is 73.8 Å². The van der Waals surface area contributed by atoms with Gasteiger partial charge >= 0.3 is 0 Å². The number of hydrogen-bond acceptors (Lipinski definition) is 4. The fourth-order valence-corrected chi connectivity index (χ4v) is 5.36. The number of amidine groups is 2. The van der Waals surface area contributed by atoms with Gasteiger partial charge in [0, 0.05) is 23.5 Å². The lowest BCUT2D eigenvalue weighted by atomic mass is 10.1. The minimum Gasteiger partial charge on any atom is -0.318 e. The maximum absolute atomic E-state index is 12.9. The van der Waals surface area contributed by atoms with E-state index in [4.69, 9.17) is 5.41 Å². The van der Waals surface area contributed by atoms with Gasteiger partial charge in [0.1, 0.15) is 5.04 Å². The van der Waals surface area contributed by atoms with Gasteiger partial charge in [-0.25, -0.2) is 0 Å². The summed E-state index contributed by atoms with van der Waals surface area (Å²) in [5.41, 5.74) is 7.82. The maximum atomic E-state index is 12.9. The molecule has 1 aromatic heterocycles. The molecule has 0 spiro atoms. The van der Waals surface area contributed by atoms with Crippen molar-refractivity contribution < 1.29 is 4.79 Å². The van der Waals surface area contributed by atoms with Gasteiger partial charge in [-0.3, -0.25) is 10.2 Å². The van der Waals surface area contributed by atoms with Crippen LogP contribution in [0.3, 0.4) is 0 Å². The quantitative estimate of drug-likeness (QED) is 0.510. The Bertz CT molecular complexity index is 1410. The van der Waals surface area contributed by atoms with Crippen LogP contribution in [0.25, 0.3) is 11.8 Å². The lowest BCUT2D eigenvalue weighted by Gasteiger charge is -2.20. The average molecular weight is 468 g/mol. The highest BCUT2D eigenvalue weighted by Crippen LogP contribution is 2.31. The summed E-state index contributed by atoms with van der Waals surface area (Å²) in [6.45, 7) is 8.26. The van der Waals surface area contributed by atoms with E-state index in [1.54, 1.807) is 6.08 Å². The largest absolute Gasteiger partial charge is 0.318 e. The van der Waals surface area contributed by atoms with E-state index >= 15 is 0 Å². The molecule has 7 heteroatoms. The molecule has 2 aliphatic heterocycles. The summed E-state index contributed by atoms with van der Waals surface area (Å²) < 4.78 is 2.18. The van der Waals surface area contributed by atoms with Crippen LogP contribution in [-0.4, -0.2) is 31.5 Å². The smallest absolute Gasteiger partial charge is 0.283 e. The second-order valence-electron chi connectivity index (χ2n) is 8.68. The molecule has 0 unspecified atom stereocenters. The Hall–Kier alpha value is -3.71. The minimum atomic E-state index is -0.406. The molecule has 0 saturated carbocycles. The lowest BCUT2D eigenvalue weighted by Crippen LogP contribution is -2.35. The normalized spacial score (nSPS) is 16.7. The highest BCUT2D eigenvalue weighted by molar-refractivity contribution is 8.26. The van der Waals surface area contributed by atoms with E-state index < -0.39 is 5.91 Å². The van der Waals surface area contributed by atoms with E-state index in [9.17, 15) is 4.79 Å². The number of aliphatic imine (C=N–C) groups is 1. The Labute approximate surface area is 203 Å². The molecule has 5 rings (SSSR count). The minimum absolute atomic E-state index is 0.0572. The maximum Gasteiger partial charge on any atom is 0.283 e. The SMILES string of the molecule is Cc1cc(C)cc(-n2c(C)cc(/C=C3\C(=N)N4N=C(Cc5ccccc5)SC4=NC3=O)c2C)c1. The van der Waals surface area contributed by atoms with E-state index in [-0.39, 0.29) is 11.4 Å². The summed E-state index contributed by atoms with van der Waals surface area (Å²) in [6.07, 6.45) is 2.40. The van der Waals surface area contributed by atoms with Crippen molar-refractivity contribution in [3.63, 3.8) is 0 Å². The molecule has 170 valence electrons. The number of nitrogens with one attached hydrogen (secondary N) is 1. The molecule has 0 fully saturated rings. The fraction of sp³-hybridized carbons (Fsp3) is 0.185. The van der Waals surface area contributed by atoms with Crippen LogP contribution in [0.4, 0.5) is 0 Å². The monoisotopic (exact) mass is 467 g/mol. The van der Waals surface area contributed by atoms with Crippen molar-refractivity contribution in [1.29, 1.82) is 5.41 Å². The zero-order valence-corrected chi connectivity index (χ0v) is 20.4. The fourth-order valence-electron chi connectivity index (χ4n) is 4.44. The lowest BCUT2D eigenvalue weighted by molar-refractivity contribution is -0.114. The molecule has 2 aromatic carbocycles. The molecule has 2 aliphatic rings. The Morgan fingerprint density at radius 3 is 2.41 bits per heavy atom. The first-order valence-electron chi connectivity index (χ1n) is 11.1. The van der Waals surface area contributed by atoms with E-state index in [2.05, 4.69) is 46.7 Å². The summed E-state index contributed by atoms with van der Waals surface area (Å²) in [6, 6.07) is 18.5. The van der Waals surface area contributed by atoms with Crippen molar-refractivity contribution >= 4 is 39.8 Å². The Morgan fingerprint density at radius 1 is 1.00 bits per heavy atom. The van der Waals surface area contributed by atoms with Crippen LogP contribution in [0.1, 0.15) is 33.6 Å². The van der Waals surface area contributed by atoms with Gasteiger partial charge in [-0.15, -0.1) is 0 Å². The van der Waals surface area contributed by atoms with Crippen molar-refractivity contribution in [3.8, 4) is 5.69 Å². The van der Waals surface area contributed by atoms with E-state index in [1.165, 1.54) is 27.9 Å². The highest BCUT2D eigenvalue weighted by atomic mass is 32.2. The number of rotatable bonds is 4. The van der Waals surface area contributed by atoms with Crippen LogP contribution < -0.4 is 0 Å². The Balaban J connectivity index is 1.47. The summed E-state index contributed by atoms with van der Waals surface area (Å²) >= 11 is 1.35. The second-order valence-corrected chi connectivity index (χ2v) is 9.72. The molecular formula is C27H25N5OS. The second kappa shape index (κ2) is 8.57. The van der Waals surface area contributed by atoms with E-state index in [0.717, 1.165) is 33.2 Å². The standard InChI is InChI=1S/C27H25N5OS/c1-16-10-17(2)12-22(11-16)31-18(3)13-21(19(31)4)15-23-25(28)32-27(29-26(23)33)34-24(30-32)14-20-8-6-5-7-9-20/h5-13,15,28H,14H2,1-4H3/b23-15+,28-25?. The molecule has 3 heterocycles. The third kappa shape index (κ3) is 4.03. The summed E-state index contributed by atoms with van der Waals surface area (Å²) in [5.74, 6) is -0.349. The van der Waals surface area contributed by atoms with Crippen LogP contribution in [-0.2, 0) is 11.2 Å². The van der Waals surface area contributed by atoms with E-state index in [0.29, 0.717) is 11.6 Å². The van der Waals surface area contributed by atoms with Crippen LogP contribution in [0.2, 0.25) is 0 Å². The molecule has 3 aromatic rings. The van der Waals surface area contributed by atoms with Gasteiger partial charge in [-0.2, -0.15) is 15.1 Å². The first-order chi connectivity index (χ1) is 16.3. The number of hydrazone groups is 1. The number of aromatic nitrogens is 1. The number of hydrogen-bond donors (Lipinski definition) is 1. The molecule has 0 atom stereocenters. The third-order valence-electron chi connectivity index (χ3n) is 5.93. The number of fused-ring (bicyclic) bond motifs is 1. The molecular weight excluding hydrogens is 442 g/mol. The molecule has 1 amide bonds. The molecule has 0 radical (unpaired) electrons. The van der Waals surface area contributed by atoms with Crippen molar-refractivity contribution in [2.45, 2.75) is 34.1 Å². The first kappa shape index (κ1) is 22.1. The number of thioether (sulfide) groups is 1. The van der Waals surface area contributed by atoms with Gasteiger partial charge < -0.3 is 4.57 Å². The predicted molar refractivity (Wildman–Crippen MR) is 140 cm³/mol. The van der Waals surface area contributed by atoms with Gasteiger partial charge in [-0.05, 0) is 86.0 Å². The van der Waals surface area contributed by atoms with Crippen molar-refractivity contribution in [2.24, 2.45) is 10.1 Å². The molecule has 0 aliphatic carbocycles. The Kier molecular flexibility index (Phi) is 5.57. The number of carbonyl (C=O) groups is 1. The molecule has 34 heavy (non-hydrogen) atoms. The van der Waals surface area contributed by atoms with Gasteiger partial charge in [0.25, 0.3) is 5.91 Å².